The first-order chi connectivity index (χ1) is 10.3. The summed E-state index contributed by atoms with van der Waals surface area (Å²) in [4.78, 5) is 26.6. The number of ketones is 1. The van der Waals surface area contributed by atoms with Crippen molar-refractivity contribution in [1.29, 1.82) is 0 Å². The van der Waals surface area contributed by atoms with E-state index in [1.165, 1.54) is 5.38 Å². The number of benzene rings is 1. The molecule has 0 aliphatic heterocycles. The molecule has 2 aromatic rings. The second-order valence-corrected chi connectivity index (χ2v) is 6.66. The maximum Gasteiger partial charge on any atom is 0.355 e. The number of aromatic nitrogens is 1. The van der Waals surface area contributed by atoms with E-state index < -0.39 is 5.97 Å². The first-order valence-electron chi connectivity index (χ1n) is 6.73. The highest BCUT2D eigenvalue weighted by Crippen LogP contribution is 2.31. The Balaban J connectivity index is 2.10. The maximum absolute atomic E-state index is 12.0. The predicted octanol–water partition coefficient (Wildman–Crippen LogP) is 3.40. The standard InChI is InChI=1S/C16H17NO4S/c1-16(2,3)10-6-4-5-7-13(10)21-8-12(18)14-17-11(9-22-14)15(19)20/h4-7,9H,8H2,1-3H3,(H,19,20). The lowest BCUT2D eigenvalue weighted by Crippen LogP contribution is -2.17. The molecule has 0 unspecified atom stereocenters. The van der Waals surface area contributed by atoms with Crippen LogP contribution in [0, 0.1) is 0 Å². The van der Waals surface area contributed by atoms with Crippen molar-refractivity contribution in [3.63, 3.8) is 0 Å². The van der Waals surface area contributed by atoms with Gasteiger partial charge in [-0.15, -0.1) is 11.3 Å². The zero-order valence-electron chi connectivity index (χ0n) is 12.6. The molecule has 0 saturated heterocycles. The van der Waals surface area contributed by atoms with Crippen LogP contribution in [0.15, 0.2) is 29.6 Å². The van der Waals surface area contributed by atoms with Crippen LogP contribution in [0.25, 0.3) is 0 Å². The van der Waals surface area contributed by atoms with E-state index in [0.717, 1.165) is 16.9 Å². The lowest BCUT2D eigenvalue weighted by Gasteiger charge is -2.22. The molecule has 0 aliphatic carbocycles. The molecule has 0 spiro atoms. The van der Waals surface area contributed by atoms with Gasteiger partial charge in [-0.2, -0.15) is 0 Å². The van der Waals surface area contributed by atoms with Crippen molar-refractivity contribution in [2.75, 3.05) is 6.61 Å². The van der Waals surface area contributed by atoms with Gasteiger partial charge in [0.05, 0.1) is 0 Å². The molecule has 1 aromatic heterocycles. The molecule has 116 valence electrons. The second-order valence-electron chi connectivity index (χ2n) is 5.80. The number of carboxylic acids is 1. The summed E-state index contributed by atoms with van der Waals surface area (Å²) >= 11 is 1.01. The van der Waals surface area contributed by atoms with Crippen LogP contribution in [0.1, 0.15) is 46.6 Å². The van der Waals surface area contributed by atoms with Gasteiger partial charge in [0.2, 0.25) is 5.78 Å². The third-order valence-corrected chi connectivity index (χ3v) is 3.90. The van der Waals surface area contributed by atoms with Gasteiger partial charge >= 0.3 is 5.97 Å². The fourth-order valence-corrected chi connectivity index (χ4v) is 2.64. The number of carbonyl (C=O) groups is 2. The van der Waals surface area contributed by atoms with Crippen molar-refractivity contribution in [2.45, 2.75) is 26.2 Å². The smallest absolute Gasteiger partial charge is 0.355 e. The Kier molecular flexibility index (Phi) is 4.61. The van der Waals surface area contributed by atoms with E-state index in [1.807, 2.05) is 24.3 Å². The molecule has 2 rings (SSSR count). The van der Waals surface area contributed by atoms with Crippen molar-refractivity contribution < 1.29 is 19.4 Å². The van der Waals surface area contributed by atoms with Crippen LogP contribution in [-0.2, 0) is 5.41 Å². The molecule has 6 heteroatoms. The number of nitrogens with zero attached hydrogens (tertiary/aromatic N) is 1. The first-order valence-corrected chi connectivity index (χ1v) is 7.61. The van der Waals surface area contributed by atoms with Crippen LogP contribution >= 0.6 is 11.3 Å². The van der Waals surface area contributed by atoms with E-state index >= 15 is 0 Å². The Morgan fingerprint density at radius 2 is 1.95 bits per heavy atom. The lowest BCUT2D eigenvalue weighted by atomic mass is 9.86. The minimum absolute atomic E-state index is 0.0999. The summed E-state index contributed by atoms with van der Waals surface area (Å²) in [6.07, 6.45) is 0. The molecule has 1 N–H and O–H groups in total. The molecule has 0 bridgehead atoms. The van der Waals surface area contributed by atoms with E-state index in [0.29, 0.717) is 5.75 Å². The fraction of sp³-hybridized carbons (Fsp3) is 0.312. The average Bonchev–Trinajstić information content (AvgIpc) is 2.94. The highest BCUT2D eigenvalue weighted by Gasteiger charge is 2.20. The summed E-state index contributed by atoms with van der Waals surface area (Å²) in [6.45, 7) is 6.03. The van der Waals surface area contributed by atoms with E-state index in [-0.39, 0.29) is 28.5 Å². The van der Waals surface area contributed by atoms with E-state index in [9.17, 15) is 9.59 Å². The van der Waals surface area contributed by atoms with Crippen LogP contribution < -0.4 is 4.74 Å². The summed E-state index contributed by atoms with van der Waals surface area (Å²) in [7, 11) is 0. The van der Waals surface area contributed by atoms with Crippen LogP contribution in [0.2, 0.25) is 0 Å². The minimum atomic E-state index is -1.14. The van der Waals surface area contributed by atoms with Gasteiger partial charge in [0.1, 0.15) is 5.75 Å². The van der Waals surface area contributed by atoms with Gasteiger partial charge in [-0.05, 0) is 17.0 Å². The summed E-state index contributed by atoms with van der Waals surface area (Å²) in [5.41, 5.74) is 0.786. The van der Waals surface area contributed by atoms with Gasteiger partial charge in [0.25, 0.3) is 0 Å². The number of hydrogen-bond donors (Lipinski definition) is 1. The van der Waals surface area contributed by atoms with Crippen molar-refractivity contribution >= 4 is 23.1 Å². The third-order valence-electron chi connectivity index (χ3n) is 3.02. The van der Waals surface area contributed by atoms with Crippen molar-refractivity contribution in [2.24, 2.45) is 0 Å². The molecule has 0 atom stereocenters. The number of Topliss-reactive ketones (excluding diaryl/α,β-unsaturated/α-hetero) is 1. The Hall–Kier alpha value is -2.21. The Morgan fingerprint density at radius 1 is 1.27 bits per heavy atom. The number of ether oxygens (including phenoxy) is 1. The monoisotopic (exact) mass is 319 g/mol. The van der Waals surface area contributed by atoms with Crippen LogP contribution in [0.5, 0.6) is 5.75 Å². The number of carbonyl (C=O) groups excluding carboxylic acids is 1. The molecule has 0 fully saturated rings. The Morgan fingerprint density at radius 3 is 2.55 bits per heavy atom. The molecular weight excluding hydrogens is 302 g/mol. The fourth-order valence-electron chi connectivity index (χ4n) is 1.92. The molecule has 0 saturated carbocycles. The van der Waals surface area contributed by atoms with Gasteiger partial charge < -0.3 is 9.84 Å². The molecule has 22 heavy (non-hydrogen) atoms. The zero-order chi connectivity index (χ0) is 16.3. The Bertz CT molecular complexity index is 700. The number of carboxylic acid groups (broad SMARTS) is 1. The molecule has 0 radical (unpaired) electrons. The van der Waals surface area contributed by atoms with E-state index in [4.69, 9.17) is 9.84 Å². The average molecular weight is 319 g/mol. The summed E-state index contributed by atoms with van der Waals surface area (Å²) in [5, 5.41) is 10.3. The van der Waals surface area contributed by atoms with Crippen LogP contribution in [0.3, 0.4) is 0 Å². The van der Waals surface area contributed by atoms with Gasteiger partial charge in [0.15, 0.2) is 17.3 Å². The summed E-state index contributed by atoms with van der Waals surface area (Å²) < 4.78 is 5.62. The van der Waals surface area contributed by atoms with Crippen molar-refractivity contribution in [3.05, 3.63) is 45.9 Å². The normalized spacial score (nSPS) is 11.2. The molecule has 0 amide bonds. The maximum atomic E-state index is 12.0. The molecule has 1 aromatic carbocycles. The predicted molar refractivity (Wildman–Crippen MR) is 84.0 cm³/mol. The van der Waals surface area contributed by atoms with Gasteiger partial charge in [0, 0.05) is 5.38 Å². The number of thiazole rings is 1. The largest absolute Gasteiger partial charge is 0.485 e. The minimum Gasteiger partial charge on any atom is -0.485 e. The second kappa shape index (κ2) is 6.27. The number of hydrogen-bond acceptors (Lipinski definition) is 5. The highest BCUT2D eigenvalue weighted by atomic mass is 32.1. The quantitative estimate of drug-likeness (QED) is 0.855. The number of rotatable bonds is 5. The SMILES string of the molecule is CC(C)(C)c1ccccc1OCC(=O)c1nc(C(=O)O)cs1. The van der Waals surface area contributed by atoms with E-state index in [2.05, 4.69) is 25.8 Å². The first kappa shape index (κ1) is 16.2. The van der Waals surface area contributed by atoms with Gasteiger partial charge in [-0.3, -0.25) is 4.79 Å². The number of aromatic carboxylic acids is 1. The van der Waals surface area contributed by atoms with E-state index in [1.54, 1.807) is 0 Å². The molecule has 1 heterocycles. The molecular formula is C16H17NO4S. The van der Waals surface area contributed by atoms with Crippen molar-refractivity contribution in [1.82, 2.24) is 4.98 Å². The number of para-hydroxylation sites is 1. The molecule has 0 aliphatic rings. The van der Waals surface area contributed by atoms with Gasteiger partial charge in [-0.1, -0.05) is 39.0 Å². The highest BCUT2D eigenvalue weighted by molar-refractivity contribution is 7.12. The summed E-state index contributed by atoms with van der Waals surface area (Å²) in [5.74, 6) is -0.825. The molecule has 5 nitrogen and oxygen atoms in total. The Labute approximate surface area is 132 Å². The van der Waals surface area contributed by atoms with Gasteiger partial charge in [-0.25, -0.2) is 9.78 Å². The lowest BCUT2D eigenvalue weighted by molar-refractivity contribution is 0.0691. The third kappa shape index (κ3) is 3.71. The summed E-state index contributed by atoms with van der Waals surface area (Å²) in [6, 6.07) is 7.56. The van der Waals surface area contributed by atoms with Crippen molar-refractivity contribution in [3.8, 4) is 5.75 Å². The topological polar surface area (TPSA) is 76.5 Å². The zero-order valence-corrected chi connectivity index (χ0v) is 13.4. The van der Waals surface area contributed by atoms with Crippen LogP contribution in [0.4, 0.5) is 0 Å². The van der Waals surface area contributed by atoms with Crippen LogP contribution in [-0.4, -0.2) is 28.4 Å².